The van der Waals surface area contributed by atoms with Crippen molar-refractivity contribution in [1.29, 1.82) is 0 Å². The summed E-state index contributed by atoms with van der Waals surface area (Å²) in [6, 6.07) is 2.55. The van der Waals surface area contributed by atoms with Gasteiger partial charge in [-0.05, 0) is 27.2 Å². The molecule has 2 rings (SSSR count). The molecule has 16 heavy (non-hydrogen) atoms. The summed E-state index contributed by atoms with van der Waals surface area (Å²) in [5.74, 6) is 0.888. The van der Waals surface area contributed by atoms with Crippen LogP contribution in [0.5, 0.6) is 0 Å². The van der Waals surface area contributed by atoms with Crippen molar-refractivity contribution in [1.82, 2.24) is 9.55 Å². The van der Waals surface area contributed by atoms with Crippen molar-refractivity contribution in [3.05, 3.63) is 21.7 Å². The molecule has 1 aromatic heterocycles. The first-order valence-electron chi connectivity index (χ1n) is 5.56. The van der Waals surface area contributed by atoms with Crippen molar-refractivity contribution in [3.63, 3.8) is 0 Å². The van der Waals surface area contributed by atoms with E-state index in [4.69, 9.17) is 11.6 Å². The topological polar surface area (TPSA) is 38.1 Å². The number of halogens is 1. The Bertz CT molecular complexity index is 455. The van der Waals surface area contributed by atoms with Gasteiger partial charge >= 0.3 is 5.69 Å². The Balaban J connectivity index is 2.59. The quantitative estimate of drug-likeness (QED) is 0.705. The number of rotatable bonds is 1. The first-order valence-corrected chi connectivity index (χ1v) is 5.94. The monoisotopic (exact) mass is 241 g/mol. The Labute approximate surface area is 99.9 Å². The van der Waals surface area contributed by atoms with E-state index < -0.39 is 0 Å². The third-order valence-electron chi connectivity index (χ3n) is 3.02. The van der Waals surface area contributed by atoms with E-state index in [1.165, 1.54) is 0 Å². The normalized spacial score (nSPS) is 20.1. The number of hydrogen-bond acceptors (Lipinski definition) is 3. The summed E-state index contributed by atoms with van der Waals surface area (Å²) in [6.07, 6.45) is 0.967. The predicted molar refractivity (Wildman–Crippen MR) is 65.2 cm³/mol. The fourth-order valence-electron chi connectivity index (χ4n) is 2.34. The predicted octanol–water partition coefficient (Wildman–Crippen LogP) is 1.90. The van der Waals surface area contributed by atoms with Crippen LogP contribution < -0.4 is 10.6 Å². The van der Waals surface area contributed by atoms with E-state index in [9.17, 15) is 4.79 Å². The van der Waals surface area contributed by atoms with E-state index >= 15 is 0 Å². The standard InChI is InChI=1S/C11H16ClN3O/c1-7(2)15-8(3)4-5-14-10(15)6-9(12)13-11(14)16/h6-8H,4-5H2,1-3H3/t8-/m1/s1. The lowest BCUT2D eigenvalue weighted by molar-refractivity contribution is 0.436. The lowest BCUT2D eigenvalue weighted by Gasteiger charge is -2.40. The number of fused-ring (bicyclic) bond motifs is 1. The Morgan fingerprint density at radius 1 is 1.56 bits per heavy atom. The molecule has 0 N–H and O–H groups in total. The van der Waals surface area contributed by atoms with Gasteiger partial charge in [0.15, 0.2) is 0 Å². The molecule has 0 fully saturated rings. The fraction of sp³-hybridized carbons (Fsp3) is 0.636. The molecule has 0 aliphatic carbocycles. The highest BCUT2D eigenvalue weighted by Crippen LogP contribution is 2.26. The molecule has 0 bridgehead atoms. The molecule has 5 heteroatoms. The molecule has 2 heterocycles. The molecule has 0 aromatic carbocycles. The van der Waals surface area contributed by atoms with Gasteiger partial charge in [0.2, 0.25) is 0 Å². The minimum absolute atomic E-state index is 0.250. The zero-order chi connectivity index (χ0) is 11.9. The molecule has 0 spiro atoms. The van der Waals surface area contributed by atoms with Crippen LogP contribution in [0, 0.1) is 0 Å². The molecule has 0 radical (unpaired) electrons. The summed E-state index contributed by atoms with van der Waals surface area (Å²) in [5, 5.41) is 0.274. The number of anilines is 1. The summed E-state index contributed by atoms with van der Waals surface area (Å²) in [4.78, 5) is 17.7. The van der Waals surface area contributed by atoms with E-state index in [2.05, 4.69) is 30.7 Å². The van der Waals surface area contributed by atoms with E-state index in [1.54, 1.807) is 10.6 Å². The van der Waals surface area contributed by atoms with E-state index in [0.29, 0.717) is 12.1 Å². The van der Waals surface area contributed by atoms with Crippen molar-refractivity contribution < 1.29 is 0 Å². The maximum atomic E-state index is 11.7. The Morgan fingerprint density at radius 3 is 2.88 bits per heavy atom. The molecular formula is C11H16ClN3O. The Hall–Kier alpha value is -1.03. The zero-order valence-corrected chi connectivity index (χ0v) is 10.5. The SMILES string of the molecule is CC(C)N1c2cc(Cl)nc(=O)n2CC[C@H]1C. The molecular weight excluding hydrogens is 226 g/mol. The third-order valence-corrected chi connectivity index (χ3v) is 3.22. The fourth-order valence-corrected chi connectivity index (χ4v) is 2.51. The van der Waals surface area contributed by atoms with Crippen LogP contribution >= 0.6 is 11.6 Å². The van der Waals surface area contributed by atoms with Gasteiger partial charge in [0.25, 0.3) is 0 Å². The van der Waals surface area contributed by atoms with Crippen LogP contribution in [0.1, 0.15) is 27.2 Å². The first-order chi connectivity index (χ1) is 7.50. The molecule has 4 nitrogen and oxygen atoms in total. The van der Waals surface area contributed by atoms with Gasteiger partial charge in [-0.15, -0.1) is 0 Å². The highest BCUT2D eigenvalue weighted by Gasteiger charge is 2.26. The van der Waals surface area contributed by atoms with Crippen molar-refractivity contribution >= 4 is 17.4 Å². The second-order valence-corrected chi connectivity index (χ2v) is 4.90. The van der Waals surface area contributed by atoms with Crippen LogP contribution in [0.15, 0.2) is 10.9 Å². The van der Waals surface area contributed by atoms with Crippen molar-refractivity contribution in [2.45, 2.75) is 45.8 Å². The first kappa shape index (κ1) is 11.5. The molecule has 1 aliphatic heterocycles. The van der Waals surface area contributed by atoms with Crippen molar-refractivity contribution in [2.24, 2.45) is 0 Å². The van der Waals surface area contributed by atoms with E-state index in [-0.39, 0.29) is 10.8 Å². The Kier molecular flexibility index (Phi) is 2.93. The number of nitrogens with zero attached hydrogens (tertiary/aromatic N) is 3. The summed E-state index contributed by atoms with van der Waals surface area (Å²) in [5.41, 5.74) is -0.250. The van der Waals surface area contributed by atoms with Gasteiger partial charge in [-0.2, -0.15) is 4.98 Å². The van der Waals surface area contributed by atoms with Gasteiger partial charge in [0.05, 0.1) is 0 Å². The van der Waals surface area contributed by atoms with Crippen LogP contribution in [-0.4, -0.2) is 21.6 Å². The molecule has 0 unspecified atom stereocenters. The minimum Gasteiger partial charge on any atom is -0.353 e. The van der Waals surface area contributed by atoms with E-state index in [1.807, 2.05) is 0 Å². The largest absolute Gasteiger partial charge is 0.353 e. The number of hydrogen-bond donors (Lipinski definition) is 0. The van der Waals surface area contributed by atoms with Gasteiger partial charge in [-0.3, -0.25) is 4.57 Å². The van der Waals surface area contributed by atoms with Crippen LogP contribution in [0.3, 0.4) is 0 Å². The minimum atomic E-state index is -0.250. The molecule has 1 aliphatic rings. The summed E-state index contributed by atoms with van der Waals surface area (Å²) in [7, 11) is 0. The summed E-state index contributed by atoms with van der Waals surface area (Å²) in [6.45, 7) is 7.13. The average molecular weight is 242 g/mol. The van der Waals surface area contributed by atoms with E-state index in [0.717, 1.165) is 18.8 Å². The van der Waals surface area contributed by atoms with Gasteiger partial charge < -0.3 is 4.90 Å². The maximum absolute atomic E-state index is 11.7. The number of aromatic nitrogens is 2. The molecule has 0 saturated heterocycles. The Morgan fingerprint density at radius 2 is 2.25 bits per heavy atom. The summed E-state index contributed by atoms with van der Waals surface area (Å²) < 4.78 is 1.70. The second kappa shape index (κ2) is 4.09. The van der Waals surface area contributed by atoms with Crippen LogP contribution in [0.25, 0.3) is 0 Å². The lowest BCUT2D eigenvalue weighted by atomic mass is 10.1. The summed E-state index contributed by atoms with van der Waals surface area (Å²) >= 11 is 5.85. The van der Waals surface area contributed by atoms with Crippen molar-refractivity contribution in [3.8, 4) is 0 Å². The molecule has 1 aromatic rings. The lowest BCUT2D eigenvalue weighted by Crippen LogP contribution is -2.47. The van der Waals surface area contributed by atoms with Gasteiger partial charge in [0.1, 0.15) is 11.0 Å². The van der Waals surface area contributed by atoms with Gasteiger partial charge in [-0.1, -0.05) is 11.6 Å². The van der Waals surface area contributed by atoms with Gasteiger partial charge in [0, 0.05) is 24.7 Å². The second-order valence-electron chi connectivity index (χ2n) is 4.51. The highest BCUT2D eigenvalue weighted by molar-refractivity contribution is 6.29. The molecule has 1 atom stereocenters. The van der Waals surface area contributed by atoms with Crippen LogP contribution in [-0.2, 0) is 6.54 Å². The van der Waals surface area contributed by atoms with Crippen LogP contribution in [0.4, 0.5) is 5.82 Å². The maximum Gasteiger partial charge on any atom is 0.350 e. The van der Waals surface area contributed by atoms with Crippen LogP contribution in [0.2, 0.25) is 5.15 Å². The van der Waals surface area contributed by atoms with Crippen molar-refractivity contribution in [2.75, 3.05) is 4.90 Å². The third kappa shape index (κ3) is 1.82. The molecule has 88 valence electrons. The molecule has 0 saturated carbocycles. The highest BCUT2D eigenvalue weighted by atomic mass is 35.5. The molecule has 0 amide bonds. The average Bonchev–Trinajstić information content (AvgIpc) is 2.15. The van der Waals surface area contributed by atoms with Gasteiger partial charge in [-0.25, -0.2) is 4.79 Å². The smallest absolute Gasteiger partial charge is 0.350 e. The zero-order valence-electron chi connectivity index (χ0n) is 9.77.